The van der Waals surface area contributed by atoms with Crippen LogP contribution in [0.15, 0.2) is 0 Å². The van der Waals surface area contributed by atoms with Gasteiger partial charge in [-0.3, -0.25) is 4.79 Å². The van der Waals surface area contributed by atoms with Crippen molar-refractivity contribution in [3.63, 3.8) is 0 Å². The SMILES string of the molecule is CB(O)N[C@@H](CN)C(=O)O. The second kappa shape index (κ2) is 4.27. The fourth-order valence-electron chi connectivity index (χ4n) is 0.531. The first kappa shape index (κ1) is 9.41. The van der Waals surface area contributed by atoms with Crippen LogP contribution >= 0.6 is 0 Å². The van der Waals surface area contributed by atoms with Gasteiger partial charge in [0.15, 0.2) is 0 Å². The third-order valence-corrected chi connectivity index (χ3v) is 0.976. The Hall–Kier alpha value is -0.585. The summed E-state index contributed by atoms with van der Waals surface area (Å²) in [5, 5.41) is 19.4. The summed E-state index contributed by atoms with van der Waals surface area (Å²) in [6.45, 7) is 1.41. The molecule has 0 spiro atoms. The quantitative estimate of drug-likeness (QED) is 0.347. The number of nitrogens with two attached hydrogens (primary N) is 1. The van der Waals surface area contributed by atoms with Gasteiger partial charge in [0.05, 0.1) is 0 Å². The summed E-state index contributed by atoms with van der Waals surface area (Å²) in [4.78, 5) is 10.2. The van der Waals surface area contributed by atoms with Gasteiger partial charge in [-0.1, -0.05) is 0 Å². The summed E-state index contributed by atoms with van der Waals surface area (Å²) in [5.41, 5.74) is 5.07. The van der Waals surface area contributed by atoms with Crippen molar-refractivity contribution in [2.24, 2.45) is 5.73 Å². The number of carboxylic acid groups (broad SMARTS) is 1. The Labute approximate surface area is 59.4 Å². The third-order valence-electron chi connectivity index (χ3n) is 0.976. The molecule has 6 heteroatoms. The zero-order valence-electron chi connectivity index (χ0n) is 5.74. The van der Waals surface area contributed by atoms with Crippen molar-refractivity contribution in [3.8, 4) is 0 Å². The molecule has 10 heavy (non-hydrogen) atoms. The third kappa shape index (κ3) is 3.44. The highest BCUT2D eigenvalue weighted by molar-refractivity contribution is 6.46. The predicted molar refractivity (Wildman–Crippen MR) is 37.5 cm³/mol. The molecule has 0 aromatic rings. The van der Waals surface area contributed by atoms with E-state index in [-0.39, 0.29) is 6.54 Å². The lowest BCUT2D eigenvalue weighted by atomic mass is 9.87. The summed E-state index contributed by atoms with van der Waals surface area (Å²) in [5.74, 6) is -1.05. The Morgan fingerprint density at radius 1 is 1.90 bits per heavy atom. The highest BCUT2D eigenvalue weighted by Crippen LogP contribution is 1.80. The second-order valence-electron chi connectivity index (χ2n) is 1.97. The van der Waals surface area contributed by atoms with Crippen molar-refractivity contribution in [1.29, 1.82) is 0 Å². The number of rotatable bonds is 4. The Morgan fingerprint density at radius 3 is 2.50 bits per heavy atom. The molecule has 0 aromatic carbocycles. The average molecular weight is 146 g/mol. The maximum Gasteiger partial charge on any atom is 0.374 e. The first-order chi connectivity index (χ1) is 4.57. The molecule has 5 N–H and O–H groups in total. The van der Waals surface area contributed by atoms with E-state index in [1.165, 1.54) is 6.82 Å². The van der Waals surface area contributed by atoms with Crippen molar-refractivity contribution in [1.82, 2.24) is 5.23 Å². The molecule has 0 aromatic heterocycles. The first-order valence-corrected chi connectivity index (χ1v) is 2.95. The molecule has 1 atom stereocenters. The molecule has 58 valence electrons. The van der Waals surface area contributed by atoms with Crippen LogP contribution in [0.3, 0.4) is 0 Å². The molecule has 0 aliphatic carbocycles. The molecule has 0 radical (unpaired) electrons. The molecule has 0 rings (SSSR count). The Bertz CT molecular complexity index is 119. The predicted octanol–water partition coefficient (Wildman–Crippen LogP) is -1.90. The Balaban J connectivity index is 3.72. The fraction of sp³-hybridized carbons (Fsp3) is 0.750. The molecule has 0 unspecified atom stereocenters. The fourth-order valence-corrected chi connectivity index (χ4v) is 0.531. The lowest BCUT2D eigenvalue weighted by Gasteiger charge is -2.11. The maximum atomic E-state index is 10.2. The summed E-state index contributed by atoms with van der Waals surface area (Å²) in [6.07, 6.45) is 0. The molecule has 5 nitrogen and oxygen atoms in total. The van der Waals surface area contributed by atoms with Crippen LogP contribution in [0, 0.1) is 0 Å². The van der Waals surface area contributed by atoms with Gasteiger partial charge in [-0.15, -0.1) is 0 Å². The molecule has 0 aliphatic rings. The lowest BCUT2D eigenvalue weighted by Crippen LogP contribution is -2.48. The molecule has 0 saturated heterocycles. The van der Waals surface area contributed by atoms with Gasteiger partial charge in [0.1, 0.15) is 6.04 Å². The van der Waals surface area contributed by atoms with Crippen LogP contribution in [0.2, 0.25) is 6.82 Å². The molecule has 0 heterocycles. The van der Waals surface area contributed by atoms with Crippen molar-refractivity contribution in [2.45, 2.75) is 12.9 Å². The van der Waals surface area contributed by atoms with Crippen molar-refractivity contribution in [2.75, 3.05) is 6.54 Å². The van der Waals surface area contributed by atoms with Crippen LogP contribution < -0.4 is 11.0 Å². The van der Waals surface area contributed by atoms with Crippen LogP contribution in [0.25, 0.3) is 0 Å². The second-order valence-corrected chi connectivity index (χ2v) is 1.97. The lowest BCUT2D eigenvalue weighted by molar-refractivity contribution is -0.138. The molecular formula is C4H11BN2O3. The highest BCUT2D eigenvalue weighted by Gasteiger charge is 2.17. The van der Waals surface area contributed by atoms with E-state index >= 15 is 0 Å². The number of carbonyl (C=O) groups is 1. The van der Waals surface area contributed by atoms with E-state index in [1.807, 2.05) is 0 Å². The van der Waals surface area contributed by atoms with E-state index in [9.17, 15) is 4.79 Å². The number of carboxylic acids is 1. The van der Waals surface area contributed by atoms with E-state index in [4.69, 9.17) is 15.9 Å². The van der Waals surface area contributed by atoms with Gasteiger partial charge < -0.3 is 21.1 Å². The monoisotopic (exact) mass is 146 g/mol. The molecule has 0 aliphatic heterocycles. The minimum atomic E-state index is -1.05. The van der Waals surface area contributed by atoms with Crippen molar-refractivity contribution < 1.29 is 14.9 Å². The van der Waals surface area contributed by atoms with E-state index in [0.717, 1.165) is 0 Å². The van der Waals surface area contributed by atoms with Gasteiger partial charge in [0, 0.05) is 6.54 Å². The maximum absolute atomic E-state index is 10.2. The van der Waals surface area contributed by atoms with E-state index in [0.29, 0.717) is 0 Å². The van der Waals surface area contributed by atoms with Crippen LogP contribution in [-0.4, -0.2) is 35.7 Å². The van der Waals surface area contributed by atoms with Crippen LogP contribution in [-0.2, 0) is 4.79 Å². The molecule has 0 fully saturated rings. The topological polar surface area (TPSA) is 95.6 Å². The van der Waals surface area contributed by atoms with Crippen molar-refractivity contribution >= 4 is 13.0 Å². The van der Waals surface area contributed by atoms with Crippen LogP contribution in [0.1, 0.15) is 0 Å². The van der Waals surface area contributed by atoms with E-state index in [2.05, 4.69) is 5.23 Å². The summed E-state index contributed by atoms with van der Waals surface area (Å²) < 4.78 is 0. The Kier molecular flexibility index (Phi) is 4.02. The molecule has 0 bridgehead atoms. The molecule has 0 saturated carbocycles. The van der Waals surface area contributed by atoms with E-state index in [1.54, 1.807) is 0 Å². The van der Waals surface area contributed by atoms with Crippen LogP contribution in [0.4, 0.5) is 0 Å². The number of hydrogen-bond donors (Lipinski definition) is 4. The van der Waals surface area contributed by atoms with Gasteiger partial charge in [0.2, 0.25) is 0 Å². The summed E-state index contributed by atoms with van der Waals surface area (Å²) in [7, 11) is -0.843. The van der Waals surface area contributed by atoms with Crippen LogP contribution in [0.5, 0.6) is 0 Å². The molecular weight excluding hydrogens is 135 g/mol. The highest BCUT2D eigenvalue weighted by atomic mass is 16.4. The standard InChI is InChI=1S/C4H11BN2O3/c1-5(10)7-3(2-6)4(8)9/h3,7,10H,2,6H2,1H3,(H,8,9)/t3-/m0/s1. The first-order valence-electron chi connectivity index (χ1n) is 2.95. The Morgan fingerprint density at radius 2 is 2.40 bits per heavy atom. The zero-order valence-corrected chi connectivity index (χ0v) is 5.74. The van der Waals surface area contributed by atoms with Crippen molar-refractivity contribution in [3.05, 3.63) is 0 Å². The summed E-state index contributed by atoms with van der Waals surface area (Å²) >= 11 is 0. The average Bonchev–Trinajstić information content (AvgIpc) is 1.81. The van der Waals surface area contributed by atoms with Gasteiger partial charge in [-0.25, -0.2) is 0 Å². The zero-order chi connectivity index (χ0) is 8.15. The van der Waals surface area contributed by atoms with E-state index < -0.39 is 19.1 Å². The minimum absolute atomic E-state index is 0.0275. The smallest absolute Gasteiger partial charge is 0.374 e. The number of nitrogens with one attached hydrogen (secondary N) is 1. The molecule has 0 amide bonds. The van der Waals surface area contributed by atoms with Gasteiger partial charge in [-0.05, 0) is 6.82 Å². The number of hydrogen-bond acceptors (Lipinski definition) is 4. The summed E-state index contributed by atoms with van der Waals surface area (Å²) in [6, 6.07) is -0.861. The van der Waals surface area contributed by atoms with Gasteiger partial charge >= 0.3 is 13.0 Å². The normalized spacial score (nSPS) is 12.7. The number of aliphatic carboxylic acids is 1. The largest absolute Gasteiger partial charge is 0.480 e. The van der Waals surface area contributed by atoms with Gasteiger partial charge in [-0.2, -0.15) is 0 Å². The van der Waals surface area contributed by atoms with Gasteiger partial charge in [0.25, 0.3) is 0 Å². The minimum Gasteiger partial charge on any atom is -0.480 e.